The van der Waals surface area contributed by atoms with Crippen LogP contribution in [0.3, 0.4) is 0 Å². The monoisotopic (exact) mass is 370 g/mol. The van der Waals surface area contributed by atoms with Gasteiger partial charge in [-0.1, -0.05) is 22.6 Å². The molecular weight excluding hydrogens is 351 g/mol. The Bertz CT molecular complexity index is 345. The molecule has 0 spiro atoms. The van der Waals surface area contributed by atoms with Crippen LogP contribution in [0.4, 0.5) is 0 Å². The summed E-state index contributed by atoms with van der Waals surface area (Å²) in [6.45, 7) is 7.64. The molecule has 0 aromatic carbocycles. The molecule has 0 amide bonds. The molecule has 0 aromatic rings. The van der Waals surface area contributed by atoms with Crippen LogP contribution in [0.15, 0.2) is 0 Å². The number of alkyl halides is 1. The second-order valence-corrected chi connectivity index (χ2v) is 6.74. The molecule has 0 aliphatic carbocycles. The second kappa shape index (κ2) is 4.26. The highest BCUT2D eigenvalue weighted by molar-refractivity contribution is 14.1. The van der Waals surface area contributed by atoms with E-state index in [0.29, 0.717) is 0 Å². The first-order chi connectivity index (χ1) is 8.31. The highest BCUT2D eigenvalue weighted by Crippen LogP contribution is 2.44. The minimum atomic E-state index is -0.606. The van der Waals surface area contributed by atoms with Crippen LogP contribution in [0, 0.1) is 0 Å². The van der Waals surface area contributed by atoms with E-state index in [1.165, 1.54) is 0 Å². The molecule has 18 heavy (non-hydrogen) atoms. The lowest BCUT2D eigenvalue weighted by Gasteiger charge is -2.43. The summed E-state index contributed by atoms with van der Waals surface area (Å²) in [4.78, 5) is 0. The van der Waals surface area contributed by atoms with Gasteiger partial charge in [-0.15, -0.1) is 0 Å². The summed E-state index contributed by atoms with van der Waals surface area (Å²) in [6.07, 6.45) is -0.738. The van der Waals surface area contributed by atoms with E-state index in [-0.39, 0.29) is 30.7 Å². The number of ether oxygens (including phenoxy) is 5. The van der Waals surface area contributed by atoms with Crippen molar-refractivity contribution >= 4 is 22.6 Å². The quantitative estimate of drug-likeness (QED) is 0.521. The third-order valence-corrected chi connectivity index (χ3v) is 4.27. The van der Waals surface area contributed by atoms with Gasteiger partial charge in [-0.25, -0.2) is 0 Å². The molecule has 0 N–H and O–H groups in total. The van der Waals surface area contributed by atoms with Crippen LogP contribution in [0.2, 0.25) is 0 Å². The third kappa shape index (κ3) is 2.20. The van der Waals surface area contributed by atoms with E-state index < -0.39 is 11.6 Å². The maximum Gasteiger partial charge on any atom is 0.190 e. The van der Waals surface area contributed by atoms with Crippen LogP contribution in [0.1, 0.15) is 27.7 Å². The smallest absolute Gasteiger partial charge is 0.190 e. The predicted octanol–water partition coefficient (Wildman–Crippen LogP) is 1.82. The van der Waals surface area contributed by atoms with Gasteiger partial charge in [0.15, 0.2) is 17.9 Å². The van der Waals surface area contributed by atoms with Gasteiger partial charge >= 0.3 is 0 Å². The summed E-state index contributed by atoms with van der Waals surface area (Å²) in [5.41, 5.74) is 0. The summed E-state index contributed by atoms with van der Waals surface area (Å²) in [5, 5.41) is 0. The molecule has 6 heteroatoms. The fraction of sp³-hybridized carbons (Fsp3) is 1.00. The summed E-state index contributed by atoms with van der Waals surface area (Å²) in [5.74, 6) is -1.21. The molecule has 0 saturated carbocycles. The molecule has 3 aliphatic heterocycles. The number of fused-ring (bicyclic) bond motifs is 3. The van der Waals surface area contributed by atoms with E-state index in [1.54, 1.807) is 0 Å². The Kier molecular flexibility index (Phi) is 3.20. The Labute approximate surface area is 121 Å². The average Bonchev–Trinajstić information content (AvgIpc) is 2.69. The van der Waals surface area contributed by atoms with E-state index in [2.05, 4.69) is 22.6 Å². The molecule has 5 atom stereocenters. The van der Waals surface area contributed by atoms with Crippen molar-refractivity contribution in [3.63, 3.8) is 0 Å². The molecule has 0 radical (unpaired) electrons. The van der Waals surface area contributed by atoms with Gasteiger partial charge < -0.3 is 23.7 Å². The Morgan fingerprint density at radius 3 is 2.11 bits per heavy atom. The van der Waals surface area contributed by atoms with Crippen LogP contribution in [0.5, 0.6) is 0 Å². The van der Waals surface area contributed by atoms with Gasteiger partial charge in [0.1, 0.15) is 18.3 Å². The first kappa shape index (κ1) is 13.5. The van der Waals surface area contributed by atoms with Gasteiger partial charge in [-0.3, -0.25) is 0 Å². The molecule has 0 aromatic heterocycles. The van der Waals surface area contributed by atoms with Crippen molar-refractivity contribution in [3.8, 4) is 0 Å². The van der Waals surface area contributed by atoms with Gasteiger partial charge in [0.2, 0.25) is 0 Å². The van der Waals surface area contributed by atoms with Crippen molar-refractivity contribution in [1.82, 2.24) is 0 Å². The summed E-state index contributed by atoms with van der Waals surface area (Å²) in [6, 6.07) is 0. The maximum atomic E-state index is 5.98. The normalized spacial score (nSPS) is 48.8. The largest absolute Gasteiger partial charge is 0.344 e. The van der Waals surface area contributed by atoms with E-state index in [0.717, 1.165) is 4.43 Å². The van der Waals surface area contributed by atoms with E-state index in [1.807, 2.05) is 27.7 Å². The van der Waals surface area contributed by atoms with Crippen LogP contribution in [-0.2, 0) is 23.7 Å². The molecule has 3 fully saturated rings. The van der Waals surface area contributed by atoms with E-state index in [9.17, 15) is 0 Å². The average molecular weight is 370 g/mol. The minimum Gasteiger partial charge on any atom is -0.344 e. The minimum absolute atomic E-state index is 0.0141. The molecule has 0 bridgehead atoms. The van der Waals surface area contributed by atoms with Gasteiger partial charge in [-0.05, 0) is 27.7 Å². The van der Waals surface area contributed by atoms with Crippen LogP contribution in [0.25, 0.3) is 0 Å². The fourth-order valence-corrected chi connectivity index (χ4v) is 3.52. The van der Waals surface area contributed by atoms with E-state index in [4.69, 9.17) is 23.7 Å². The van der Waals surface area contributed by atoms with Gasteiger partial charge in [0.05, 0.1) is 6.10 Å². The van der Waals surface area contributed by atoms with Gasteiger partial charge in [0.25, 0.3) is 0 Å². The van der Waals surface area contributed by atoms with Gasteiger partial charge in [-0.2, -0.15) is 0 Å². The Balaban J connectivity index is 1.83. The van der Waals surface area contributed by atoms with Crippen LogP contribution < -0.4 is 0 Å². The summed E-state index contributed by atoms with van der Waals surface area (Å²) in [7, 11) is 0. The molecule has 5 nitrogen and oxygen atoms in total. The van der Waals surface area contributed by atoms with Gasteiger partial charge in [0, 0.05) is 4.43 Å². The third-order valence-electron chi connectivity index (χ3n) is 3.40. The van der Waals surface area contributed by atoms with Crippen LogP contribution >= 0.6 is 22.6 Å². The number of hydrogen-bond acceptors (Lipinski definition) is 5. The van der Waals surface area contributed by atoms with Crippen molar-refractivity contribution in [3.05, 3.63) is 0 Å². The second-order valence-electron chi connectivity index (χ2n) is 5.86. The van der Waals surface area contributed by atoms with Crippen molar-refractivity contribution in [2.45, 2.75) is 70.0 Å². The summed E-state index contributed by atoms with van der Waals surface area (Å²) < 4.78 is 30.3. The Morgan fingerprint density at radius 1 is 0.833 bits per heavy atom. The zero-order valence-corrected chi connectivity index (χ0v) is 13.2. The molecular formula is C12H19IO5. The topological polar surface area (TPSA) is 46.2 Å². The first-order valence-electron chi connectivity index (χ1n) is 6.24. The summed E-state index contributed by atoms with van der Waals surface area (Å²) >= 11 is 2.31. The SMILES string of the molecule is CC1(C)O[C@H]2O[C@H]3[C@H](OC(C)(C)O[C@@H]3CI)[C@H]2O1. The first-order valence-corrected chi connectivity index (χ1v) is 7.77. The molecule has 0 unspecified atom stereocenters. The standard InChI is InChI=1S/C12H19IO5/c1-11(2)15-6(5-13)7-8(16-11)9-10(14-7)18-12(3,4)17-9/h6-10H,5H2,1-4H3/t6-,7-,8+,9-,10-/m1/s1. The molecule has 104 valence electrons. The Hall–Kier alpha value is 0.530. The Morgan fingerprint density at radius 2 is 1.44 bits per heavy atom. The molecule has 3 saturated heterocycles. The lowest BCUT2D eigenvalue weighted by molar-refractivity contribution is -0.339. The molecule has 3 aliphatic rings. The lowest BCUT2D eigenvalue weighted by atomic mass is 10.0. The van der Waals surface area contributed by atoms with Crippen molar-refractivity contribution in [1.29, 1.82) is 0 Å². The van der Waals surface area contributed by atoms with Crippen molar-refractivity contribution < 1.29 is 23.7 Å². The highest BCUT2D eigenvalue weighted by atomic mass is 127. The number of rotatable bonds is 1. The molecule has 3 heterocycles. The lowest BCUT2D eigenvalue weighted by Crippen LogP contribution is -2.56. The highest BCUT2D eigenvalue weighted by Gasteiger charge is 2.60. The zero-order valence-electron chi connectivity index (χ0n) is 11.0. The maximum absolute atomic E-state index is 5.98. The predicted molar refractivity (Wildman–Crippen MR) is 71.4 cm³/mol. The number of halogens is 1. The van der Waals surface area contributed by atoms with Crippen molar-refractivity contribution in [2.75, 3.05) is 4.43 Å². The number of hydrogen-bond donors (Lipinski definition) is 0. The molecule has 3 rings (SSSR count). The van der Waals surface area contributed by atoms with Crippen LogP contribution in [-0.4, -0.2) is 46.7 Å². The zero-order chi connectivity index (χ0) is 13.1. The van der Waals surface area contributed by atoms with Crippen molar-refractivity contribution in [2.24, 2.45) is 0 Å². The van der Waals surface area contributed by atoms with E-state index >= 15 is 0 Å². The fourth-order valence-electron chi connectivity index (χ4n) is 2.84.